The molecule has 16 nitrogen and oxygen atoms in total. The molecule has 5 rings (SSSR count). The number of amides is 3. The molecule has 0 radical (unpaired) electrons. The first-order chi connectivity index (χ1) is 20.9. The molecule has 0 unspecified atom stereocenters. The van der Waals surface area contributed by atoms with Crippen molar-refractivity contribution in [2.75, 3.05) is 37.9 Å². The Bertz CT molecular complexity index is 1480. The Kier molecular flexibility index (Phi) is 8.94. The Morgan fingerprint density at radius 1 is 1.27 bits per heavy atom. The van der Waals surface area contributed by atoms with Crippen molar-refractivity contribution in [1.82, 2.24) is 29.8 Å². The van der Waals surface area contributed by atoms with Gasteiger partial charge in [-0.15, -0.1) is 11.8 Å². The van der Waals surface area contributed by atoms with Gasteiger partial charge in [-0.1, -0.05) is 5.16 Å². The van der Waals surface area contributed by atoms with Crippen LogP contribution in [-0.4, -0.2) is 109 Å². The number of nitrogens with zero attached hydrogens (tertiary/aromatic N) is 5. The van der Waals surface area contributed by atoms with Crippen molar-refractivity contribution < 1.29 is 38.7 Å². The second kappa shape index (κ2) is 12.5. The summed E-state index contributed by atoms with van der Waals surface area (Å²) in [5, 5.41) is 17.4. The predicted octanol–water partition coefficient (Wildman–Crippen LogP) is -0.437. The Balaban J connectivity index is 1.37. The second-order valence-electron chi connectivity index (χ2n) is 11.4. The number of hydrogen-bond acceptors (Lipinski definition) is 15. The van der Waals surface area contributed by atoms with E-state index >= 15 is 0 Å². The minimum atomic E-state index is -1.09. The average molecular weight is 649 g/mol. The lowest BCUT2D eigenvalue weighted by Crippen LogP contribution is -2.71. The molecule has 1 aromatic heterocycles. The van der Waals surface area contributed by atoms with Crippen LogP contribution in [0.25, 0.3) is 0 Å². The van der Waals surface area contributed by atoms with Crippen LogP contribution in [0.15, 0.2) is 28.1 Å². The summed E-state index contributed by atoms with van der Waals surface area (Å²) in [6, 6.07) is -0.992. The van der Waals surface area contributed by atoms with Crippen LogP contribution in [0.1, 0.15) is 39.4 Å². The average Bonchev–Trinajstić information content (AvgIpc) is 3.74. The maximum atomic E-state index is 13.4. The molecule has 0 saturated carbocycles. The highest BCUT2D eigenvalue weighted by molar-refractivity contribution is 8.00. The molecule has 0 aliphatic carbocycles. The van der Waals surface area contributed by atoms with Gasteiger partial charge in [0.25, 0.3) is 11.8 Å². The molecule has 1 aromatic rings. The number of β-lactam (4-membered cyclic amide) rings is 1. The molecule has 3 amide bonds. The van der Waals surface area contributed by atoms with Crippen LogP contribution in [0, 0.1) is 5.41 Å². The van der Waals surface area contributed by atoms with Gasteiger partial charge in [-0.3, -0.25) is 24.1 Å². The summed E-state index contributed by atoms with van der Waals surface area (Å²) in [4.78, 5) is 71.9. The van der Waals surface area contributed by atoms with Crippen LogP contribution < -0.4 is 16.4 Å². The van der Waals surface area contributed by atoms with Crippen LogP contribution >= 0.6 is 23.3 Å². The highest BCUT2D eigenvalue weighted by Crippen LogP contribution is 2.42. The minimum Gasteiger partial charge on any atom is -0.427 e. The summed E-state index contributed by atoms with van der Waals surface area (Å²) in [6.45, 7) is 6.37. The summed E-state index contributed by atoms with van der Waals surface area (Å²) in [7, 11) is 0. The molecule has 5 N–H and O–H groups in total. The summed E-state index contributed by atoms with van der Waals surface area (Å²) >= 11 is 2.06. The number of allylic oxidation sites excluding steroid dienone is 1. The van der Waals surface area contributed by atoms with Gasteiger partial charge < -0.3 is 35.9 Å². The third kappa shape index (κ3) is 6.14. The zero-order valence-corrected chi connectivity index (χ0v) is 25.8. The number of hydrogen-bond donors (Lipinski definition) is 4. The molecule has 18 heteroatoms. The third-order valence-corrected chi connectivity index (χ3v) is 9.26. The molecule has 0 bridgehead atoms. The van der Waals surface area contributed by atoms with E-state index in [1.54, 1.807) is 26.8 Å². The largest absolute Gasteiger partial charge is 0.427 e. The number of carbonyl (C=O) groups excluding carboxylic acids is 5. The van der Waals surface area contributed by atoms with Crippen LogP contribution in [0.4, 0.5) is 5.13 Å². The number of oxime groups is 1. The smallest absolute Gasteiger partial charge is 0.358 e. The van der Waals surface area contributed by atoms with E-state index in [0.717, 1.165) is 24.5 Å². The summed E-state index contributed by atoms with van der Waals surface area (Å²) in [5.41, 5.74) is 4.99. The van der Waals surface area contributed by atoms with E-state index in [-0.39, 0.29) is 34.4 Å². The van der Waals surface area contributed by atoms with Crippen molar-refractivity contribution in [1.29, 1.82) is 0 Å². The highest BCUT2D eigenvalue weighted by atomic mass is 32.2. The van der Waals surface area contributed by atoms with Crippen molar-refractivity contribution in [3.05, 3.63) is 28.7 Å². The number of anilines is 1. The molecule has 4 aliphatic rings. The van der Waals surface area contributed by atoms with Crippen molar-refractivity contribution in [3.63, 3.8) is 0 Å². The number of likely N-dealkylation sites (tertiary alicyclic amines) is 1. The van der Waals surface area contributed by atoms with Crippen molar-refractivity contribution in [2.45, 2.75) is 51.1 Å². The van der Waals surface area contributed by atoms with E-state index in [1.807, 2.05) is 4.90 Å². The molecule has 5 heterocycles. The molecule has 0 aromatic carbocycles. The summed E-state index contributed by atoms with van der Waals surface area (Å²) in [6.07, 6.45) is 2.96. The Labute approximate surface area is 260 Å². The molecule has 236 valence electrons. The lowest BCUT2D eigenvalue weighted by molar-refractivity contribution is -0.173. The van der Waals surface area contributed by atoms with Gasteiger partial charge in [0.05, 0.1) is 5.41 Å². The predicted molar refractivity (Wildman–Crippen MR) is 157 cm³/mol. The number of nitrogens with one attached hydrogen (secondary N) is 2. The molecule has 3 fully saturated rings. The number of aromatic nitrogens is 2. The standard InChI is InChI=1S/C26H32N8O8S2/c1-26(2,3)24(39)42-11-41-23(38)17-13(8-12-5-7-33(20(12)36)14-4-6-28-9-14)10-43-22-16(21(37)34(17)22)29-19(35)15(31-40)18-30-25(27)44-32-18/h8,14,16,22,28,40H,4-7,9-11H2,1-3H3,(H,29,35)(H2,27,30,32)/t14-,16-,22-/m1/s1. The molecule has 3 atom stereocenters. The van der Waals surface area contributed by atoms with Gasteiger partial charge in [0, 0.05) is 42.0 Å². The summed E-state index contributed by atoms with van der Waals surface area (Å²) < 4.78 is 14.2. The van der Waals surface area contributed by atoms with Gasteiger partial charge >= 0.3 is 11.9 Å². The van der Waals surface area contributed by atoms with Gasteiger partial charge in [-0.2, -0.15) is 9.36 Å². The van der Waals surface area contributed by atoms with Crippen LogP contribution in [0.5, 0.6) is 0 Å². The monoisotopic (exact) mass is 648 g/mol. The zero-order chi connectivity index (χ0) is 31.8. The fourth-order valence-electron chi connectivity index (χ4n) is 5.13. The first-order valence-electron chi connectivity index (χ1n) is 13.8. The van der Waals surface area contributed by atoms with E-state index in [9.17, 15) is 29.2 Å². The van der Waals surface area contributed by atoms with E-state index in [4.69, 9.17) is 15.2 Å². The van der Waals surface area contributed by atoms with Gasteiger partial charge in [0.2, 0.25) is 24.2 Å². The fraction of sp³-hybridized carbons (Fsp3) is 0.538. The minimum absolute atomic E-state index is 0.0505. The first kappa shape index (κ1) is 31.4. The Hall–Kier alpha value is -4.03. The number of carbonyl (C=O) groups is 5. The number of esters is 2. The van der Waals surface area contributed by atoms with Crippen molar-refractivity contribution in [3.8, 4) is 0 Å². The number of nitrogens with two attached hydrogens (primary N) is 1. The lowest BCUT2D eigenvalue weighted by atomic mass is 9.98. The summed E-state index contributed by atoms with van der Waals surface area (Å²) in [5.74, 6) is -3.20. The normalized spacial score (nSPS) is 24.8. The third-order valence-electron chi connectivity index (χ3n) is 7.42. The number of ether oxygens (including phenoxy) is 2. The maximum absolute atomic E-state index is 13.4. The molecular formula is C26H32N8O8S2. The van der Waals surface area contributed by atoms with E-state index in [1.165, 1.54) is 16.7 Å². The Morgan fingerprint density at radius 3 is 2.68 bits per heavy atom. The van der Waals surface area contributed by atoms with E-state index in [2.05, 4.69) is 25.1 Å². The van der Waals surface area contributed by atoms with Gasteiger partial charge in [0.1, 0.15) is 17.1 Å². The maximum Gasteiger partial charge on any atom is 0.358 e. The lowest BCUT2D eigenvalue weighted by Gasteiger charge is -2.49. The highest BCUT2D eigenvalue weighted by Gasteiger charge is 2.55. The number of rotatable bonds is 8. The first-order valence-corrected chi connectivity index (χ1v) is 15.6. The molecule has 3 saturated heterocycles. The number of nitrogen functional groups attached to an aromatic ring is 1. The molecular weight excluding hydrogens is 616 g/mol. The van der Waals surface area contributed by atoms with Gasteiger partial charge in [0.15, 0.2) is 5.13 Å². The molecule has 4 aliphatic heterocycles. The van der Waals surface area contributed by atoms with Crippen LogP contribution in [-0.2, 0) is 33.4 Å². The van der Waals surface area contributed by atoms with Gasteiger partial charge in [-0.25, -0.2) is 4.79 Å². The fourth-order valence-corrected chi connectivity index (χ4v) is 6.87. The van der Waals surface area contributed by atoms with Crippen molar-refractivity contribution in [2.24, 2.45) is 10.6 Å². The number of fused-ring (bicyclic) bond motifs is 1. The number of thioether (sulfide) groups is 1. The van der Waals surface area contributed by atoms with Crippen LogP contribution in [0.3, 0.4) is 0 Å². The topological polar surface area (TPSA) is 219 Å². The zero-order valence-electron chi connectivity index (χ0n) is 24.2. The second-order valence-corrected chi connectivity index (χ2v) is 13.3. The Morgan fingerprint density at radius 2 is 2.05 bits per heavy atom. The van der Waals surface area contributed by atoms with Gasteiger partial charge in [-0.05, 0) is 51.8 Å². The van der Waals surface area contributed by atoms with E-state index in [0.29, 0.717) is 30.7 Å². The van der Waals surface area contributed by atoms with E-state index < -0.39 is 53.1 Å². The SMILES string of the molecule is CC(C)(C)C(=O)OCOC(=O)C1=C(C=C2CCN([C@@H]3CCNC3)C2=O)CS[C@@H]2[C@H](NC(=O)C(=NO)c3nsc(N)n3)C(=O)N12. The van der Waals surface area contributed by atoms with Crippen molar-refractivity contribution >= 4 is 63.8 Å². The van der Waals surface area contributed by atoms with Crippen LogP contribution in [0.2, 0.25) is 0 Å². The molecule has 0 spiro atoms. The molecule has 44 heavy (non-hydrogen) atoms. The quantitative estimate of drug-likeness (QED) is 0.0535.